The molecule has 0 unspecified atom stereocenters. The molecule has 0 bridgehead atoms. The van der Waals surface area contributed by atoms with Crippen molar-refractivity contribution in [2.75, 3.05) is 5.32 Å². The molecule has 4 rings (SSSR count). The van der Waals surface area contributed by atoms with Crippen LogP contribution in [0.3, 0.4) is 0 Å². The fourth-order valence-corrected chi connectivity index (χ4v) is 3.40. The molecule has 23 heavy (non-hydrogen) atoms. The average molecular weight is 346 g/mol. The zero-order valence-corrected chi connectivity index (χ0v) is 13.0. The van der Waals surface area contributed by atoms with E-state index in [2.05, 4.69) is 20.3 Å². The number of nitrogens with zero attached hydrogens (tertiary/aromatic N) is 3. The zero-order chi connectivity index (χ0) is 16.0. The second-order valence-electron chi connectivity index (χ2n) is 4.77. The Morgan fingerprint density at radius 2 is 2.13 bits per heavy atom. The molecule has 9 heteroatoms. The Bertz CT molecular complexity index is 1060. The first-order valence-corrected chi connectivity index (χ1v) is 7.76. The van der Waals surface area contributed by atoms with Crippen molar-refractivity contribution in [1.82, 2.24) is 15.0 Å². The lowest BCUT2D eigenvalue weighted by Crippen LogP contribution is -1.90. The number of aromatic amines is 1. The Balaban J connectivity index is 1.71. The number of H-pyrrole nitrogens is 1. The van der Waals surface area contributed by atoms with E-state index in [1.54, 1.807) is 12.1 Å². The smallest absolute Gasteiger partial charge is 0.271 e. The maximum absolute atomic E-state index is 10.8. The minimum atomic E-state index is -0.442. The summed E-state index contributed by atoms with van der Waals surface area (Å²) < 4.78 is 0.965. The van der Waals surface area contributed by atoms with Gasteiger partial charge in [0, 0.05) is 12.1 Å². The van der Waals surface area contributed by atoms with Crippen molar-refractivity contribution in [3.05, 3.63) is 51.5 Å². The predicted molar refractivity (Wildman–Crippen MR) is 90.7 cm³/mol. The monoisotopic (exact) mass is 345 g/mol. The van der Waals surface area contributed by atoms with Gasteiger partial charge in [0.1, 0.15) is 5.52 Å². The van der Waals surface area contributed by atoms with Gasteiger partial charge in [0.2, 0.25) is 5.95 Å². The molecule has 7 nitrogen and oxygen atoms in total. The Hall–Kier alpha value is -2.71. The number of nitro groups is 1. The fraction of sp³-hybridized carbons (Fsp3) is 0. The van der Waals surface area contributed by atoms with Crippen LogP contribution >= 0.6 is 22.9 Å². The summed E-state index contributed by atoms with van der Waals surface area (Å²) in [5.74, 6) is 0.468. The Kier molecular flexibility index (Phi) is 3.14. The van der Waals surface area contributed by atoms with Crippen LogP contribution in [-0.4, -0.2) is 19.9 Å². The fourth-order valence-electron chi connectivity index (χ4n) is 2.24. The van der Waals surface area contributed by atoms with Gasteiger partial charge in [-0.15, -0.1) is 0 Å². The molecule has 0 spiro atoms. The molecule has 2 aromatic carbocycles. The second-order valence-corrected chi connectivity index (χ2v) is 6.21. The van der Waals surface area contributed by atoms with E-state index in [1.807, 2.05) is 12.1 Å². The molecular formula is C14H8ClN5O2S. The SMILES string of the molecule is O=[N+]([O-])c1ccc2nc(Nc3nc4c(Cl)cccc4s3)[nH]c2c1. The van der Waals surface area contributed by atoms with Gasteiger partial charge in [-0.3, -0.25) is 10.1 Å². The lowest BCUT2D eigenvalue weighted by molar-refractivity contribution is -0.384. The number of non-ortho nitro benzene ring substituents is 1. The first-order valence-electron chi connectivity index (χ1n) is 6.56. The highest BCUT2D eigenvalue weighted by Gasteiger charge is 2.11. The van der Waals surface area contributed by atoms with Crippen molar-refractivity contribution >= 4 is 61.0 Å². The van der Waals surface area contributed by atoms with Crippen LogP contribution in [0.1, 0.15) is 0 Å². The third-order valence-electron chi connectivity index (χ3n) is 3.27. The maximum Gasteiger partial charge on any atom is 0.271 e. The van der Waals surface area contributed by atoms with E-state index in [0.29, 0.717) is 27.1 Å². The highest BCUT2D eigenvalue weighted by Crippen LogP contribution is 2.32. The molecule has 4 aromatic rings. The number of nitro benzene ring substituents is 1. The number of aromatic nitrogens is 3. The van der Waals surface area contributed by atoms with Crippen LogP contribution in [0.5, 0.6) is 0 Å². The van der Waals surface area contributed by atoms with Crippen LogP contribution in [0, 0.1) is 10.1 Å². The zero-order valence-electron chi connectivity index (χ0n) is 11.4. The van der Waals surface area contributed by atoms with Crippen LogP contribution in [-0.2, 0) is 0 Å². The van der Waals surface area contributed by atoms with Crippen molar-refractivity contribution in [3.8, 4) is 0 Å². The van der Waals surface area contributed by atoms with E-state index in [-0.39, 0.29) is 5.69 Å². The van der Waals surface area contributed by atoms with Crippen LogP contribution in [0.2, 0.25) is 5.02 Å². The largest absolute Gasteiger partial charge is 0.324 e. The van der Waals surface area contributed by atoms with Gasteiger partial charge in [-0.2, -0.15) is 0 Å². The molecule has 2 N–H and O–H groups in total. The van der Waals surface area contributed by atoms with Gasteiger partial charge in [-0.25, -0.2) is 9.97 Å². The van der Waals surface area contributed by atoms with Crippen molar-refractivity contribution in [1.29, 1.82) is 0 Å². The van der Waals surface area contributed by atoms with E-state index >= 15 is 0 Å². The molecule has 114 valence electrons. The van der Waals surface area contributed by atoms with Gasteiger partial charge in [-0.1, -0.05) is 29.0 Å². The molecule has 0 aliphatic rings. The predicted octanol–water partition coefficient (Wildman–Crippen LogP) is 4.48. The summed E-state index contributed by atoms with van der Waals surface area (Å²) >= 11 is 7.56. The number of thiazole rings is 1. The topological polar surface area (TPSA) is 96.7 Å². The highest BCUT2D eigenvalue weighted by atomic mass is 35.5. The molecule has 0 fully saturated rings. The van der Waals surface area contributed by atoms with Crippen LogP contribution < -0.4 is 5.32 Å². The Labute approximate surface area is 138 Å². The van der Waals surface area contributed by atoms with Crippen LogP contribution in [0.25, 0.3) is 21.3 Å². The number of halogens is 1. The summed E-state index contributed by atoms with van der Waals surface area (Å²) in [5.41, 5.74) is 1.96. The van der Waals surface area contributed by atoms with E-state index in [4.69, 9.17) is 11.6 Å². The summed E-state index contributed by atoms with van der Waals surface area (Å²) in [4.78, 5) is 22.1. The molecule has 0 saturated heterocycles. The third-order valence-corrected chi connectivity index (χ3v) is 4.51. The standard InChI is InChI=1S/C14H8ClN5O2S/c15-8-2-1-3-11-12(8)18-14(23-11)19-13-16-9-5-4-7(20(21)22)6-10(9)17-13/h1-6H,(H2,16,17,18,19). The summed E-state index contributed by atoms with van der Waals surface area (Å²) in [6.45, 7) is 0. The molecule has 0 aliphatic carbocycles. The van der Waals surface area contributed by atoms with Crippen molar-refractivity contribution in [2.45, 2.75) is 0 Å². The number of imidazole rings is 1. The normalized spacial score (nSPS) is 11.2. The van der Waals surface area contributed by atoms with Gasteiger partial charge in [-0.05, 0) is 18.2 Å². The van der Waals surface area contributed by atoms with Gasteiger partial charge in [0.15, 0.2) is 5.13 Å². The van der Waals surface area contributed by atoms with Gasteiger partial charge in [0.25, 0.3) is 5.69 Å². The molecule has 0 amide bonds. The highest BCUT2D eigenvalue weighted by molar-refractivity contribution is 7.22. The van der Waals surface area contributed by atoms with Gasteiger partial charge >= 0.3 is 0 Å². The quantitative estimate of drug-likeness (QED) is 0.421. The number of benzene rings is 2. The van der Waals surface area contributed by atoms with E-state index in [1.165, 1.54) is 23.5 Å². The number of anilines is 2. The van der Waals surface area contributed by atoms with Gasteiger partial charge in [0.05, 0.1) is 25.7 Å². The summed E-state index contributed by atoms with van der Waals surface area (Å²) in [6.07, 6.45) is 0. The van der Waals surface area contributed by atoms with E-state index in [0.717, 1.165) is 10.2 Å². The van der Waals surface area contributed by atoms with Gasteiger partial charge < -0.3 is 10.3 Å². The van der Waals surface area contributed by atoms with Crippen molar-refractivity contribution in [2.24, 2.45) is 0 Å². The minimum absolute atomic E-state index is 0.0134. The second kappa shape index (κ2) is 5.18. The number of fused-ring (bicyclic) bond motifs is 2. The molecule has 0 atom stereocenters. The molecule has 0 radical (unpaired) electrons. The number of para-hydroxylation sites is 1. The number of rotatable bonds is 3. The molecule has 2 heterocycles. The molecule has 0 saturated carbocycles. The van der Waals surface area contributed by atoms with Crippen LogP contribution in [0.15, 0.2) is 36.4 Å². The minimum Gasteiger partial charge on any atom is -0.324 e. The summed E-state index contributed by atoms with van der Waals surface area (Å²) in [5, 5.41) is 15.1. The number of hydrogen-bond donors (Lipinski definition) is 2. The summed E-state index contributed by atoms with van der Waals surface area (Å²) in [7, 11) is 0. The number of hydrogen-bond acceptors (Lipinski definition) is 6. The Morgan fingerprint density at radius 1 is 1.26 bits per heavy atom. The number of nitrogens with one attached hydrogen (secondary N) is 2. The first-order chi connectivity index (χ1) is 11.1. The average Bonchev–Trinajstić information content (AvgIpc) is 3.10. The third kappa shape index (κ3) is 2.47. The summed E-state index contributed by atoms with van der Waals surface area (Å²) in [6, 6.07) is 10.1. The molecule has 2 aromatic heterocycles. The first kappa shape index (κ1) is 13.9. The van der Waals surface area contributed by atoms with E-state index in [9.17, 15) is 10.1 Å². The van der Waals surface area contributed by atoms with Crippen LogP contribution in [0.4, 0.5) is 16.8 Å². The Morgan fingerprint density at radius 3 is 2.91 bits per heavy atom. The molecule has 0 aliphatic heterocycles. The lowest BCUT2D eigenvalue weighted by Gasteiger charge is -1.94. The molecular weight excluding hydrogens is 338 g/mol. The lowest BCUT2D eigenvalue weighted by atomic mass is 10.3. The maximum atomic E-state index is 10.8. The van der Waals surface area contributed by atoms with Crippen molar-refractivity contribution in [3.63, 3.8) is 0 Å². The van der Waals surface area contributed by atoms with Crippen molar-refractivity contribution < 1.29 is 4.92 Å². The van der Waals surface area contributed by atoms with E-state index < -0.39 is 4.92 Å².